The van der Waals surface area contributed by atoms with Gasteiger partial charge in [0, 0.05) is 31.0 Å². The van der Waals surface area contributed by atoms with Gasteiger partial charge in [-0.25, -0.2) is 0 Å². The molecule has 0 radical (unpaired) electrons. The third kappa shape index (κ3) is 3.91. The van der Waals surface area contributed by atoms with Gasteiger partial charge in [-0.1, -0.05) is 30.3 Å². The van der Waals surface area contributed by atoms with Crippen LogP contribution in [-0.4, -0.2) is 28.3 Å². The second kappa shape index (κ2) is 7.14. The zero-order valence-electron chi connectivity index (χ0n) is 14.2. The summed E-state index contributed by atoms with van der Waals surface area (Å²) in [7, 11) is 2.03. The maximum atomic E-state index is 11.5. The molecule has 1 aromatic heterocycles. The number of aryl methyl sites for hydroxylation is 1. The van der Waals surface area contributed by atoms with Gasteiger partial charge in [0.25, 0.3) is 0 Å². The van der Waals surface area contributed by atoms with Crippen LogP contribution in [-0.2, 0) is 13.6 Å². The molecule has 1 unspecified atom stereocenters. The summed E-state index contributed by atoms with van der Waals surface area (Å²) in [6.45, 7) is 4.84. The Morgan fingerprint density at radius 1 is 1.17 bits per heavy atom. The first-order chi connectivity index (χ1) is 11.1. The van der Waals surface area contributed by atoms with Crippen molar-refractivity contribution in [2.24, 2.45) is 7.05 Å². The highest BCUT2D eigenvalue weighted by atomic mass is 16.1. The van der Waals surface area contributed by atoms with E-state index >= 15 is 0 Å². The average Bonchev–Trinajstić information content (AvgIpc) is 2.77. The Morgan fingerprint density at radius 2 is 1.96 bits per heavy atom. The average molecular weight is 310 g/mol. The number of benzene rings is 1. The molecule has 1 fully saturated rings. The third-order valence-corrected chi connectivity index (χ3v) is 4.99. The fourth-order valence-corrected chi connectivity index (χ4v) is 3.56. The lowest BCUT2D eigenvalue weighted by atomic mass is 9.92. The Morgan fingerprint density at radius 3 is 2.65 bits per heavy atom. The van der Waals surface area contributed by atoms with E-state index in [1.165, 1.54) is 30.5 Å². The third-order valence-electron chi connectivity index (χ3n) is 4.99. The lowest BCUT2D eigenvalue weighted by Gasteiger charge is -2.20. The first-order valence-electron chi connectivity index (χ1n) is 8.57. The molecular weight excluding hydrogens is 284 g/mol. The van der Waals surface area contributed by atoms with Crippen molar-refractivity contribution in [1.82, 2.24) is 9.47 Å². The highest BCUT2D eigenvalue weighted by molar-refractivity contribution is 5.94. The topological polar surface area (TPSA) is 25.2 Å². The van der Waals surface area contributed by atoms with Crippen molar-refractivity contribution in [2.45, 2.75) is 38.6 Å². The van der Waals surface area contributed by atoms with Crippen molar-refractivity contribution in [3.8, 4) is 0 Å². The quantitative estimate of drug-likeness (QED) is 0.798. The first kappa shape index (κ1) is 16.0. The van der Waals surface area contributed by atoms with Gasteiger partial charge in [-0.05, 0) is 56.8 Å². The first-order valence-corrected chi connectivity index (χ1v) is 8.57. The number of rotatable bonds is 4. The van der Waals surface area contributed by atoms with Crippen LogP contribution in [0.2, 0.25) is 0 Å². The van der Waals surface area contributed by atoms with Crippen LogP contribution in [0.5, 0.6) is 0 Å². The molecule has 1 atom stereocenters. The van der Waals surface area contributed by atoms with E-state index in [4.69, 9.17) is 0 Å². The van der Waals surface area contributed by atoms with Gasteiger partial charge >= 0.3 is 0 Å². The largest absolute Gasteiger partial charge is 0.353 e. The Labute approximate surface area is 138 Å². The molecule has 3 nitrogen and oxygen atoms in total. The SMILES string of the molecule is CC(=O)c1cc(CN2CCCC(c3ccccc3)CC2)n(C)c1. The molecule has 0 saturated carbocycles. The van der Waals surface area contributed by atoms with E-state index in [9.17, 15) is 4.79 Å². The van der Waals surface area contributed by atoms with Crippen molar-refractivity contribution >= 4 is 5.78 Å². The van der Waals surface area contributed by atoms with Crippen LogP contribution in [0.1, 0.15) is 53.7 Å². The lowest BCUT2D eigenvalue weighted by Crippen LogP contribution is -2.25. The normalized spacial score (nSPS) is 19.5. The number of carbonyl (C=O) groups is 1. The molecule has 1 aliphatic rings. The summed E-state index contributed by atoms with van der Waals surface area (Å²) in [6.07, 6.45) is 5.67. The van der Waals surface area contributed by atoms with Crippen LogP contribution in [0.3, 0.4) is 0 Å². The fraction of sp³-hybridized carbons (Fsp3) is 0.450. The smallest absolute Gasteiger partial charge is 0.161 e. The van der Waals surface area contributed by atoms with Gasteiger partial charge in [-0.3, -0.25) is 9.69 Å². The highest BCUT2D eigenvalue weighted by Crippen LogP contribution is 2.28. The Kier molecular flexibility index (Phi) is 4.97. The van der Waals surface area contributed by atoms with Gasteiger partial charge in [-0.15, -0.1) is 0 Å². The Bertz CT molecular complexity index is 660. The molecule has 122 valence electrons. The molecule has 0 amide bonds. The van der Waals surface area contributed by atoms with E-state index < -0.39 is 0 Å². The Balaban J connectivity index is 1.63. The van der Waals surface area contributed by atoms with Gasteiger partial charge in [-0.2, -0.15) is 0 Å². The standard InChI is InChI=1S/C20H26N2O/c1-16(23)19-13-20(21(2)14-19)15-22-11-6-9-18(10-12-22)17-7-4-3-5-8-17/h3-5,7-8,13-14,18H,6,9-12,15H2,1-2H3. The van der Waals surface area contributed by atoms with E-state index in [1.54, 1.807) is 6.92 Å². The maximum absolute atomic E-state index is 11.5. The molecule has 0 aliphatic carbocycles. The zero-order valence-corrected chi connectivity index (χ0v) is 14.2. The zero-order chi connectivity index (χ0) is 16.2. The summed E-state index contributed by atoms with van der Waals surface area (Å²) >= 11 is 0. The molecule has 3 heteroatoms. The number of hydrogen-bond donors (Lipinski definition) is 0. The predicted octanol–water partition coefficient (Wildman–Crippen LogP) is 4.00. The highest BCUT2D eigenvalue weighted by Gasteiger charge is 2.19. The number of ketones is 1. The summed E-state index contributed by atoms with van der Waals surface area (Å²) in [5.41, 5.74) is 3.53. The summed E-state index contributed by atoms with van der Waals surface area (Å²) in [5.74, 6) is 0.828. The van der Waals surface area contributed by atoms with Gasteiger partial charge in [0.2, 0.25) is 0 Å². The van der Waals surface area contributed by atoms with Crippen molar-refractivity contribution in [1.29, 1.82) is 0 Å². The van der Waals surface area contributed by atoms with Crippen molar-refractivity contribution in [2.75, 3.05) is 13.1 Å². The summed E-state index contributed by atoms with van der Waals surface area (Å²) in [4.78, 5) is 14.1. The molecule has 1 saturated heterocycles. The van der Waals surface area contributed by atoms with Gasteiger partial charge in [0.05, 0.1) is 0 Å². The molecule has 0 spiro atoms. The number of likely N-dealkylation sites (tertiary alicyclic amines) is 1. The lowest BCUT2D eigenvalue weighted by molar-refractivity contribution is 0.101. The maximum Gasteiger partial charge on any atom is 0.161 e. The summed E-state index contributed by atoms with van der Waals surface area (Å²) < 4.78 is 2.09. The molecule has 1 aromatic carbocycles. The number of nitrogens with zero attached hydrogens (tertiary/aromatic N) is 2. The van der Waals surface area contributed by atoms with E-state index in [2.05, 4.69) is 39.8 Å². The molecule has 2 aromatic rings. The van der Waals surface area contributed by atoms with Crippen LogP contribution in [0.25, 0.3) is 0 Å². The minimum Gasteiger partial charge on any atom is -0.353 e. The molecule has 23 heavy (non-hydrogen) atoms. The van der Waals surface area contributed by atoms with Crippen LogP contribution in [0.4, 0.5) is 0 Å². The summed E-state index contributed by atoms with van der Waals surface area (Å²) in [6, 6.07) is 12.9. The molecule has 0 bridgehead atoms. The van der Waals surface area contributed by atoms with Crippen molar-refractivity contribution < 1.29 is 4.79 Å². The van der Waals surface area contributed by atoms with Gasteiger partial charge in [0.15, 0.2) is 5.78 Å². The van der Waals surface area contributed by atoms with Gasteiger partial charge in [0.1, 0.15) is 0 Å². The van der Waals surface area contributed by atoms with E-state index in [0.717, 1.165) is 25.2 Å². The summed E-state index contributed by atoms with van der Waals surface area (Å²) in [5, 5.41) is 0. The van der Waals surface area contributed by atoms with Crippen molar-refractivity contribution in [3.05, 3.63) is 59.4 Å². The number of Topliss-reactive ketones (excluding diaryl/α,β-unsaturated/α-hetero) is 1. The molecule has 2 heterocycles. The molecule has 3 rings (SSSR count). The van der Waals surface area contributed by atoms with Crippen LogP contribution >= 0.6 is 0 Å². The van der Waals surface area contributed by atoms with Crippen LogP contribution in [0.15, 0.2) is 42.6 Å². The van der Waals surface area contributed by atoms with E-state index in [0.29, 0.717) is 5.92 Å². The Hall–Kier alpha value is -1.87. The number of aromatic nitrogens is 1. The predicted molar refractivity (Wildman–Crippen MR) is 93.7 cm³/mol. The number of carbonyl (C=O) groups excluding carboxylic acids is 1. The monoisotopic (exact) mass is 310 g/mol. The number of hydrogen-bond acceptors (Lipinski definition) is 2. The molecule has 1 aliphatic heterocycles. The minimum atomic E-state index is 0.145. The van der Waals surface area contributed by atoms with Crippen molar-refractivity contribution in [3.63, 3.8) is 0 Å². The molecular formula is C20H26N2O. The van der Waals surface area contributed by atoms with E-state index in [-0.39, 0.29) is 5.78 Å². The minimum absolute atomic E-state index is 0.145. The van der Waals surface area contributed by atoms with Crippen LogP contribution < -0.4 is 0 Å². The second-order valence-corrected chi connectivity index (χ2v) is 6.70. The van der Waals surface area contributed by atoms with E-state index in [1.807, 2.05) is 19.3 Å². The molecule has 0 N–H and O–H groups in total. The second-order valence-electron chi connectivity index (χ2n) is 6.70. The fourth-order valence-electron chi connectivity index (χ4n) is 3.56. The van der Waals surface area contributed by atoms with Crippen LogP contribution in [0, 0.1) is 0 Å². The van der Waals surface area contributed by atoms with Gasteiger partial charge < -0.3 is 4.57 Å².